The second kappa shape index (κ2) is 8.85. The topological polar surface area (TPSA) is 41.5 Å². The fourth-order valence-corrected chi connectivity index (χ4v) is 2.93. The van der Waals surface area contributed by atoms with Crippen molar-refractivity contribution in [1.82, 2.24) is 5.32 Å². The molecule has 0 radical (unpaired) electrons. The van der Waals surface area contributed by atoms with Gasteiger partial charge in [0, 0.05) is 16.2 Å². The van der Waals surface area contributed by atoms with Gasteiger partial charge in [0.15, 0.2) is 0 Å². The Morgan fingerprint density at radius 2 is 1.80 bits per heavy atom. The van der Waals surface area contributed by atoms with Crippen molar-refractivity contribution in [3.05, 3.63) is 27.8 Å². The Hall–Kier alpha value is -0.330. The maximum atomic E-state index is 9.98. The van der Waals surface area contributed by atoms with Gasteiger partial charge >= 0.3 is 0 Å². The van der Waals surface area contributed by atoms with Gasteiger partial charge in [0.1, 0.15) is 18.5 Å². The van der Waals surface area contributed by atoms with Crippen molar-refractivity contribution < 1.29 is 9.84 Å². The van der Waals surface area contributed by atoms with Crippen LogP contribution in [-0.4, -0.2) is 30.4 Å². The van der Waals surface area contributed by atoms with Gasteiger partial charge in [-0.2, -0.15) is 0 Å². The minimum absolute atomic E-state index is 0.348. The molecule has 1 aliphatic rings. The number of hydrogen-bond donors (Lipinski definition) is 2. The molecule has 4 heteroatoms. The summed E-state index contributed by atoms with van der Waals surface area (Å²) in [4.78, 5) is 0. The van der Waals surface area contributed by atoms with E-state index in [0.717, 1.165) is 5.75 Å². The highest BCUT2D eigenvalue weighted by molar-refractivity contribution is 14.1. The van der Waals surface area contributed by atoms with Crippen molar-refractivity contribution in [2.75, 3.05) is 13.2 Å². The van der Waals surface area contributed by atoms with Crippen molar-refractivity contribution in [1.29, 1.82) is 0 Å². The molecule has 1 saturated carbocycles. The Morgan fingerprint density at radius 3 is 2.45 bits per heavy atom. The maximum Gasteiger partial charge on any atom is 0.119 e. The van der Waals surface area contributed by atoms with Crippen LogP contribution in [0.5, 0.6) is 5.75 Å². The van der Waals surface area contributed by atoms with Crippen LogP contribution in [0.3, 0.4) is 0 Å². The van der Waals surface area contributed by atoms with E-state index in [0.29, 0.717) is 19.2 Å². The van der Waals surface area contributed by atoms with Crippen molar-refractivity contribution >= 4 is 22.6 Å². The van der Waals surface area contributed by atoms with Crippen LogP contribution in [0.1, 0.15) is 38.5 Å². The van der Waals surface area contributed by atoms with E-state index in [2.05, 4.69) is 27.9 Å². The van der Waals surface area contributed by atoms with Crippen LogP contribution in [-0.2, 0) is 0 Å². The third-order valence-electron chi connectivity index (χ3n) is 3.75. The Morgan fingerprint density at radius 1 is 1.15 bits per heavy atom. The molecule has 2 N–H and O–H groups in total. The quantitative estimate of drug-likeness (QED) is 0.579. The smallest absolute Gasteiger partial charge is 0.119 e. The summed E-state index contributed by atoms with van der Waals surface area (Å²) in [6, 6.07) is 8.46. The van der Waals surface area contributed by atoms with Gasteiger partial charge in [-0.1, -0.05) is 25.7 Å². The van der Waals surface area contributed by atoms with Gasteiger partial charge in [-0.25, -0.2) is 0 Å². The van der Waals surface area contributed by atoms with Crippen molar-refractivity contribution in [2.24, 2.45) is 0 Å². The molecule has 0 spiro atoms. The van der Waals surface area contributed by atoms with Gasteiger partial charge in [-0.15, -0.1) is 0 Å². The minimum Gasteiger partial charge on any atom is -0.491 e. The molecule has 20 heavy (non-hydrogen) atoms. The molecule has 1 atom stereocenters. The lowest BCUT2D eigenvalue weighted by molar-refractivity contribution is 0.103. The minimum atomic E-state index is -0.447. The number of aliphatic hydroxyl groups excluding tert-OH is 1. The van der Waals surface area contributed by atoms with Crippen LogP contribution < -0.4 is 10.1 Å². The van der Waals surface area contributed by atoms with Crippen molar-refractivity contribution in [3.8, 4) is 5.75 Å². The Kier molecular flexibility index (Phi) is 7.10. The first kappa shape index (κ1) is 16.0. The first-order chi connectivity index (χ1) is 9.74. The maximum absolute atomic E-state index is 9.98. The summed E-state index contributed by atoms with van der Waals surface area (Å²) >= 11 is 2.26. The van der Waals surface area contributed by atoms with Gasteiger partial charge < -0.3 is 15.2 Å². The van der Waals surface area contributed by atoms with Crippen LogP contribution in [0.2, 0.25) is 0 Å². The summed E-state index contributed by atoms with van der Waals surface area (Å²) in [7, 11) is 0. The van der Waals surface area contributed by atoms with Gasteiger partial charge in [0.25, 0.3) is 0 Å². The Bertz CT molecular complexity index is 375. The molecule has 0 aromatic heterocycles. The van der Waals surface area contributed by atoms with Crippen LogP contribution in [0.4, 0.5) is 0 Å². The molecule has 3 nitrogen and oxygen atoms in total. The van der Waals surface area contributed by atoms with E-state index in [-0.39, 0.29) is 0 Å². The van der Waals surface area contributed by atoms with E-state index in [9.17, 15) is 5.11 Å². The zero-order valence-electron chi connectivity index (χ0n) is 11.9. The van der Waals surface area contributed by atoms with Gasteiger partial charge in [0.05, 0.1) is 0 Å². The second-order valence-electron chi connectivity index (χ2n) is 5.52. The fraction of sp³-hybridized carbons (Fsp3) is 0.625. The summed E-state index contributed by atoms with van der Waals surface area (Å²) in [5.41, 5.74) is 0. The molecule has 1 aliphatic carbocycles. The van der Waals surface area contributed by atoms with E-state index in [1.807, 2.05) is 24.3 Å². The molecule has 1 fully saturated rings. The number of ether oxygens (including phenoxy) is 1. The molecule has 1 unspecified atom stereocenters. The molecule has 0 aliphatic heterocycles. The largest absolute Gasteiger partial charge is 0.491 e. The first-order valence-electron chi connectivity index (χ1n) is 7.54. The van der Waals surface area contributed by atoms with Crippen LogP contribution in [0.25, 0.3) is 0 Å². The molecule has 2 rings (SSSR count). The Labute approximate surface area is 135 Å². The third-order valence-corrected chi connectivity index (χ3v) is 4.47. The number of benzene rings is 1. The first-order valence-corrected chi connectivity index (χ1v) is 8.62. The SMILES string of the molecule is OC(CNC1CCCCCC1)COc1ccc(I)cc1. The summed E-state index contributed by atoms with van der Waals surface area (Å²) in [5.74, 6) is 0.818. The van der Waals surface area contributed by atoms with E-state index in [4.69, 9.17) is 4.74 Å². The summed E-state index contributed by atoms with van der Waals surface area (Å²) in [6.07, 6.45) is 7.38. The number of halogens is 1. The van der Waals surface area contributed by atoms with Crippen LogP contribution in [0.15, 0.2) is 24.3 Å². The third kappa shape index (κ3) is 5.97. The lowest BCUT2D eigenvalue weighted by atomic mass is 10.1. The molecule has 112 valence electrons. The summed E-state index contributed by atoms with van der Waals surface area (Å²) < 4.78 is 6.78. The zero-order valence-corrected chi connectivity index (χ0v) is 14.0. The highest BCUT2D eigenvalue weighted by atomic mass is 127. The Balaban J connectivity index is 1.64. The molecular weight excluding hydrogens is 365 g/mol. The normalized spacial score (nSPS) is 18.5. The average molecular weight is 389 g/mol. The van der Waals surface area contributed by atoms with E-state index in [1.165, 1.54) is 42.1 Å². The van der Waals surface area contributed by atoms with E-state index >= 15 is 0 Å². The van der Waals surface area contributed by atoms with Crippen molar-refractivity contribution in [3.63, 3.8) is 0 Å². The van der Waals surface area contributed by atoms with Gasteiger partial charge in [-0.05, 0) is 59.7 Å². The van der Waals surface area contributed by atoms with Gasteiger partial charge in [0.2, 0.25) is 0 Å². The molecular formula is C16H24INO2. The number of hydrogen-bond acceptors (Lipinski definition) is 3. The molecule has 0 heterocycles. The lowest BCUT2D eigenvalue weighted by Gasteiger charge is -2.19. The summed E-state index contributed by atoms with van der Waals surface area (Å²) in [5, 5.41) is 13.5. The zero-order chi connectivity index (χ0) is 14.2. The molecule has 1 aromatic rings. The van der Waals surface area contributed by atoms with Crippen LogP contribution >= 0.6 is 22.6 Å². The predicted octanol–water partition coefficient (Wildman–Crippen LogP) is 3.34. The van der Waals surface area contributed by atoms with E-state index < -0.39 is 6.10 Å². The number of nitrogens with one attached hydrogen (secondary N) is 1. The predicted molar refractivity (Wildman–Crippen MR) is 90.2 cm³/mol. The average Bonchev–Trinajstić information content (AvgIpc) is 2.73. The van der Waals surface area contributed by atoms with Gasteiger partial charge in [-0.3, -0.25) is 0 Å². The molecule has 0 amide bonds. The lowest BCUT2D eigenvalue weighted by Crippen LogP contribution is -2.37. The molecule has 0 bridgehead atoms. The van der Waals surface area contributed by atoms with E-state index in [1.54, 1.807) is 0 Å². The number of aliphatic hydroxyl groups is 1. The fourth-order valence-electron chi connectivity index (χ4n) is 2.57. The van der Waals surface area contributed by atoms with Crippen molar-refractivity contribution in [2.45, 2.75) is 50.7 Å². The highest BCUT2D eigenvalue weighted by Crippen LogP contribution is 2.17. The second-order valence-corrected chi connectivity index (χ2v) is 6.76. The molecule has 1 aromatic carbocycles. The summed E-state index contributed by atoms with van der Waals surface area (Å²) in [6.45, 7) is 0.968. The monoisotopic (exact) mass is 389 g/mol. The standard InChI is InChI=1S/C16H24INO2/c17-13-7-9-16(10-8-13)20-12-15(19)11-18-14-5-3-1-2-4-6-14/h7-10,14-15,18-19H,1-6,11-12H2. The number of rotatable bonds is 6. The molecule has 0 saturated heterocycles. The highest BCUT2D eigenvalue weighted by Gasteiger charge is 2.13. The van der Waals surface area contributed by atoms with Crippen LogP contribution in [0, 0.1) is 3.57 Å².